The molecule has 0 radical (unpaired) electrons. The fourth-order valence-electron chi connectivity index (χ4n) is 0.691. The molecule has 0 aromatic carbocycles. The van der Waals surface area contributed by atoms with Gasteiger partial charge in [-0.15, -0.1) is 5.10 Å². The molecule has 0 saturated carbocycles. The fourth-order valence-corrected chi connectivity index (χ4v) is 1.25. The van der Waals surface area contributed by atoms with Crippen molar-refractivity contribution in [1.29, 1.82) is 0 Å². The number of halogens is 1. The molecule has 1 N–H and O–H groups in total. The zero-order valence-electron chi connectivity index (χ0n) is 7.50. The molecule has 0 amide bonds. The Morgan fingerprint density at radius 1 is 1.38 bits per heavy atom. The van der Waals surface area contributed by atoms with Crippen LogP contribution in [0, 0.1) is 0 Å². The zero-order valence-corrected chi connectivity index (χ0v) is 9.07. The Morgan fingerprint density at radius 3 is 2.15 bits per heavy atom. The third kappa shape index (κ3) is 2.41. The lowest BCUT2D eigenvalue weighted by molar-refractivity contribution is 0.546. The summed E-state index contributed by atoms with van der Waals surface area (Å²) in [6.45, 7) is 5.66. The molecule has 0 aliphatic carbocycles. The molecule has 0 aliphatic rings. The molecule has 0 bridgehead atoms. The average molecular weight is 224 g/mol. The summed E-state index contributed by atoms with van der Waals surface area (Å²) in [5.41, 5.74) is -0.271. The minimum absolute atomic E-state index is 0.271. The van der Waals surface area contributed by atoms with Gasteiger partial charge in [-0.1, -0.05) is 20.8 Å². The summed E-state index contributed by atoms with van der Waals surface area (Å²) in [6.07, 6.45) is 0. The van der Waals surface area contributed by atoms with E-state index in [1.807, 2.05) is 20.8 Å². The molecule has 13 heavy (non-hydrogen) atoms. The number of aromatic nitrogens is 3. The smallest absolute Gasteiger partial charge is 0.261 e. The summed E-state index contributed by atoms with van der Waals surface area (Å²) in [5, 5.41) is 5.65. The molecule has 0 spiro atoms. The summed E-state index contributed by atoms with van der Waals surface area (Å²) < 4.78 is 21.6. The first-order valence-electron chi connectivity index (χ1n) is 3.59. The molecule has 7 heteroatoms. The van der Waals surface area contributed by atoms with E-state index in [-0.39, 0.29) is 10.6 Å². The normalized spacial score (nSPS) is 13.2. The summed E-state index contributed by atoms with van der Waals surface area (Å²) >= 11 is 0. The minimum Gasteiger partial charge on any atom is -0.261 e. The van der Waals surface area contributed by atoms with Crippen LogP contribution in [0.1, 0.15) is 26.6 Å². The van der Waals surface area contributed by atoms with Crippen LogP contribution in [-0.4, -0.2) is 23.6 Å². The second kappa shape index (κ2) is 2.95. The molecule has 74 valence electrons. The van der Waals surface area contributed by atoms with Crippen LogP contribution in [0.5, 0.6) is 0 Å². The SMILES string of the molecule is CC(C)(C)c1nc(S(=O)(=O)Cl)n[nH]1. The molecule has 1 heterocycles. The molecule has 0 aliphatic heterocycles. The van der Waals surface area contributed by atoms with Gasteiger partial charge in [-0.2, -0.15) is 0 Å². The lowest BCUT2D eigenvalue weighted by atomic mass is 9.96. The lowest BCUT2D eigenvalue weighted by Crippen LogP contribution is -2.13. The summed E-state index contributed by atoms with van der Waals surface area (Å²) in [7, 11) is 1.23. The Hall–Kier alpha value is -0.620. The molecule has 1 aromatic heterocycles. The highest BCUT2D eigenvalue weighted by molar-refractivity contribution is 8.13. The molecule has 1 rings (SSSR count). The molecule has 0 atom stereocenters. The van der Waals surface area contributed by atoms with Crippen molar-refractivity contribution in [3.05, 3.63) is 5.82 Å². The van der Waals surface area contributed by atoms with E-state index in [9.17, 15) is 8.42 Å². The predicted octanol–water partition coefficient (Wildman–Crippen LogP) is 1.03. The van der Waals surface area contributed by atoms with Crippen molar-refractivity contribution < 1.29 is 8.42 Å². The number of H-pyrrole nitrogens is 1. The molecular weight excluding hydrogens is 214 g/mol. The minimum atomic E-state index is -3.82. The van der Waals surface area contributed by atoms with E-state index < -0.39 is 9.05 Å². The lowest BCUT2D eigenvalue weighted by Gasteiger charge is -2.12. The second-order valence-corrected chi connectivity index (χ2v) is 6.11. The Kier molecular flexibility index (Phi) is 2.38. The van der Waals surface area contributed by atoms with E-state index in [0.29, 0.717) is 5.82 Å². The number of hydrogen-bond acceptors (Lipinski definition) is 4. The standard InChI is InChI=1S/C6H10ClN3O2S/c1-6(2,3)4-8-5(10-9-4)13(7,11)12/h1-3H3,(H,8,9,10). The van der Waals surface area contributed by atoms with Gasteiger partial charge in [0, 0.05) is 16.1 Å². The van der Waals surface area contributed by atoms with Crippen molar-refractivity contribution in [2.45, 2.75) is 31.3 Å². The highest BCUT2D eigenvalue weighted by atomic mass is 35.7. The van der Waals surface area contributed by atoms with Gasteiger partial charge in [0.2, 0.25) is 0 Å². The van der Waals surface area contributed by atoms with Crippen LogP contribution in [0.3, 0.4) is 0 Å². The predicted molar refractivity (Wildman–Crippen MR) is 48.1 cm³/mol. The maximum absolute atomic E-state index is 10.8. The van der Waals surface area contributed by atoms with E-state index in [0.717, 1.165) is 0 Å². The van der Waals surface area contributed by atoms with Crippen molar-refractivity contribution >= 4 is 19.7 Å². The summed E-state index contributed by atoms with van der Waals surface area (Å²) in [4.78, 5) is 3.77. The van der Waals surface area contributed by atoms with E-state index in [1.54, 1.807) is 0 Å². The van der Waals surface area contributed by atoms with Gasteiger partial charge in [-0.05, 0) is 0 Å². The van der Waals surface area contributed by atoms with Crippen molar-refractivity contribution in [3.63, 3.8) is 0 Å². The van der Waals surface area contributed by atoms with Crippen LogP contribution >= 0.6 is 10.7 Å². The van der Waals surface area contributed by atoms with Crippen molar-refractivity contribution in [2.24, 2.45) is 0 Å². The first-order valence-corrected chi connectivity index (χ1v) is 5.90. The van der Waals surface area contributed by atoms with Gasteiger partial charge in [-0.3, -0.25) is 5.10 Å². The van der Waals surface area contributed by atoms with Gasteiger partial charge < -0.3 is 0 Å². The van der Waals surface area contributed by atoms with Crippen LogP contribution in [0.2, 0.25) is 0 Å². The maximum Gasteiger partial charge on any atom is 0.298 e. The number of rotatable bonds is 1. The van der Waals surface area contributed by atoms with Crippen molar-refractivity contribution in [1.82, 2.24) is 15.2 Å². The van der Waals surface area contributed by atoms with Gasteiger partial charge in [0.1, 0.15) is 5.82 Å². The molecule has 0 unspecified atom stereocenters. The Labute approximate surface area is 80.9 Å². The Balaban J connectivity index is 3.16. The number of aromatic amines is 1. The number of nitrogens with zero attached hydrogens (tertiary/aromatic N) is 2. The first-order chi connectivity index (χ1) is 5.71. The first kappa shape index (κ1) is 10.5. The van der Waals surface area contributed by atoms with Gasteiger partial charge in [-0.25, -0.2) is 13.4 Å². The quantitative estimate of drug-likeness (QED) is 0.722. The largest absolute Gasteiger partial charge is 0.298 e. The summed E-state index contributed by atoms with van der Waals surface area (Å²) in [5.74, 6) is 0.492. The molecule has 1 aromatic rings. The number of hydrogen-bond donors (Lipinski definition) is 1. The van der Waals surface area contributed by atoms with Gasteiger partial charge >= 0.3 is 0 Å². The monoisotopic (exact) mass is 223 g/mol. The van der Waals surface area contributed by atoms with Crippen LogP contribution in [0.15, 0.2) is 5.16 Å². The van der Waals surface area contributed by atoms with Crippen LogP contribution in [0.4, 0.5) is 0 Å². The van der Waals surface area contributed by atoms with Crippen LogP contribution in [0.25, 0.3) is 0 Å². The topological polar surface area (TPSA) is 75.7 Å². The van der Waals surface area contributed by atoms with E-state index in [1.165, 1.54) is 0 Å². The third-order valence-electron chi connectivity index (χ3n) is 1.39. The highest BCUT2D eigenvalue weighted by Crippen LogP contribution is 2.19. The number of nitrogens with one attached hydrogen (secondary N) is 1. The zero-order chi connectivity index (χ0) is 10.3. The maximum atomic E-state index is 10.8. The Morgan fingerprint density at radius 2 is 1.92 bits per heavy atom. The van der Waals surface area contributed by atoms with Gasteiger partial charge in [0.15, 0.2) is 0 Å². The second-order valence-electron chi connectivity index (χ2n) is 3.65. The van der Waals surface area contributed by atoms with Gasteiger partial charge in [0.25, 0.3) is 14.2 Å². The fraction of sp³-hybridized carbons (Fsp3) is 0.667. The highest BCUT2D eigenvalue weighted by Gasteiger charge is 2.23. The molecule has 0 saturated heterocycles. The van der Waals surface area contributed by atoms with E-state index in [2.05, 4.69) is 15.2 Å². The average Bonchev–Trinajstić information content (AvgIpc) is 2.28. The summed E-state index contributed by atoms with van der Waals surface area (Å²) in [6, 6.07) is 0. The Bertz CT molecular complexity index is 404. The van der Waals surface area contributed by atoms with Crippen molar-refractivity contribution in [3.8, 4) is 0 Å². The third-order valence-corrected chi connectivity index (χ3v) is 2.43. The molecule has 0 fully saturated rings. The van der Waals surface area contributed by atoms with E-state index in [4.69, 9.17) is 10.7 Å². The van der Waals surface area contributed by atoms with Crippen LogP contribution < -0.4 is 0 Å². The van der Waals surface area contributed by atoms with E-state index >= 15 is 0 Å². The van der Waals surface area contributed by atoms with Gasteiger partial charge in [0.05, 0.1) is 0 Å². The molecule has 5 nitrogen and oxygen atoms in total. The van der Waals surface area contributed by atoms with Crippen molar-refractivity contribution in [2.75, 3.05) is 0 Å². The molecular formula is C6H10ClN3O2S. The van der Waals surface area contributed by atoms with Crippen LogP contribution in [-0.2, 0) is 14.5 Å².